The number of carbonyl (C=O) groups excluding carboxylic acids is 1. The Labute approximate surface area is 120 Å². The molecule has 0 bridgehead atoms. The Kier molecular flexibility index (Phi) is 5.39. The van der Waals surface area contributed by atoms with Gasteiger partial charge in [-0.05, 0) is 33.1 Å². The number of hydrazine groups is 1. The second kappa shape index (κ2) is 6.28. The van der Waals surface area contributed by atoms with Gasteiger partial charge in [-0.1, -0.05) is 6.92 Å². The zero-order chi connectivity index (χ0) is 15.6. The van der Waals surface area contributed by atoms with Crippen LogP contribution in [0.5, 0.6) is 0 Å². The normalized spacial score (nSPS) is 25.2. The summed E-state index contributed by atoms with van der Waals surface area (Å²) in [6.07, 6.45) is 0.726. The minimum Gasteiger partial charge on any atom is -0.443 e. The fraction of sp³-hybridized carbons (Fsp3) is 0.917. The molecule has 0 aromatic heterocycles. The van der Waals surface area contributed by atoms with Gasteiger partial charge < -0.3 is 4.74 Å². The van der Waals surface area contributed by atoms with Crippen molar-refractivity contribution < 1.29 is 22.1 Å². The van der Waals surface area contributed by atoms with E-state index in [1.54, 1.807) is 25.8 Å². The number of rotatable bonds is 3. The number of hydrogen-bond acceptors (Lipinski definition) is 6. The van der Waals surface area contributed by atoms with Crippen molar-refractivity contribution in [2.45, 2.75) is 45.8 Å². The van der Waals surface area contributed by atoms with Crippen LogP contribution >= 0.6 is 0 Å². The highest BCUT2D eigenvalue weighted by atomic mass is 32.2. The number of carbonyl (C=O) groups is 1. The molecule has 8 heteroatoms. The first-order valence-corrected chi connectivity index (χ1v) is 8.41. The van der Waals surface area contributed by atoms with Crippen LogP contribution in [0.1, 0.15) is 34.1 Å². The second-order valence-corrected chi connectivity index (χ2v) is 7.77. The zero-order valence-electron chi connectivity index (χ0n) is 12.7. The van der Waals surface area contributed by atoms with E-state index in [-0.39, 0.29) is 12.0 Å². The van der Waals surface area contributed by atoms with Crippen LogP contribution in [0.15, 0.2) is 0 Å². The molecule has 1 amide bonds. The molecular weight excluding hydrogens is 284 g/mol. The molecule has 1 heterocycles. The number of piperidine rings is 1. The van der Waals surface area contributed by atoms with Crippen LogP contribution in [0.3, 0.4) is 0 Å². The van der Waals surface area contributed by atoms with Crippen LogP contribution in [0.25, 0.3) is 0 Å². The molecule has 2 unspecified atom stereocenters. The monoisotopic (exact) mass is 308 g/mol. The fourth-order valence-corrected chi connectivity index (χ4v) is 2.76. The lowest BCUT2D eigenvalue weighted by Crippen LogP contribution is -2.52. The molecule has 118 valence electrons. The van der Waals surface area contributed by atoms with E-state index >= 15 is 0 Å². The van der Waals surface area contributed by atoms with Crippen LogP contribution in [-0.2, 0) is 19.0 Å². The summed E-state index contributed by atoms with van der Waals surface area (Å²) in [5.41, 5.74) is 2.11. The Morgan fingerprint density at radius 2 is 1.95 bits per heavy atom. The quantitative estimate of drug-likeness (QED) is 0.786. The van der Waals surface area contributed by atoms with Gasteiger partial charge in [0.25, 0.3) is 10.1 Å². The van der Waals surface area contributed by atoms with Gasteiger partial charge in [-0.2, -0.15) is 8.42 Å². The Morgan fingerprint density at radius 3 is 2.40 bits per heavy atom. The minimum absolute atomic E-state index is 0.00610. The van der Waals surface area contributed by atoms with Gasteiger partial charge in [0.2, 0.25) is 0 Å². The minimum atomic E-state index is -3.45. The molecular formula is C12H24N2O5S. The molecule has 0 aliphatic carbocycles. The predicted octanol–water partition coefficient (Wildman–Crippen LogP) is 1.11. The molecule has 1 saturated heterocycles. The smallest absolute Gasteiger partial charge is 0.422 e. The number of nitrogens with one attached hydrogen (secondary N) is 1. The maximum absolute atomic E-state index is 11.6. The maximum atomic E-state index is 11.6. The molecule has 1 rings (SSSR count). The van der Waals surface area contributed by atoms with E-state index in [0.29, 0.717) is 19.5 Å². The molecule has 20 heavy (non-hydrogen) atoms. The SMILES string of the molecule is CC1CN(NC(=O)OC(C)(C)C)CCC1OS(C)(=O)=O. The zero-order valence-corrected chi connectivity index (χ0v) is 13.5. The summed E-state index contributed by atoms with van der Waals surface area (Å²) in [6, 6.07) is 0. The largest absolute Gasteiger partial charge is 0.443 e. The van der Waals surface area contributed by atoms with E-state index in [9.17, 15) is 13.2 Å². The van der Waals surface area contributed by atoms with Gasteiger partial charge in [0.05, 0.1) is 12.4 Å². The van der Waals surface area contributed by atoms with E-state index in [2.05, 4.69) is 5.43 Å². The highest BCUT2D eigenvalue weighted by molar-refractivity contribution is 7.86. The lowest BCUT2D eigenvalue weighted by atomic mass is 9.98. The molecule has 7 nitrogen and oxygen atoms in total. The van der Waals surface area contributed by atoms with Crippen LogP contribution in [0.2, 0.25) is 0 Å². The van der Waals surface area contributed by atoms with Gasteiger partial charge in [-0.3, -0.25) is 9.61 Å². The number of amides is 1. The molecule has 0 radical (unpaired) electrons. The summed E-state index contributed by atoms with van der Waals surface area (Å²) < 4.78 is 32.5. The van der Waals surface area contributed by atoms with Gasteiger partial charge in [-0.25, -0.2) is 9.80 Å². The van der Waals surface area contributed by atoms with E-state index in [1.165, 1.54) is 0 Å². The first-order valence-electron chi connectivity index (χ1n) is 6.59. The third kappa shape index (κ3) is 6.53. The van der Waals surface area contributed by atoms with Gasteiger partial charge in [0.15, 0.2) is 0 Å². The highest BCUT2D eigenvalue weighted by Crippen LogP contribution is 2.20. The highest BCUT2D eigenvalue weighted by Gasteiger charge is 2.30. The fourth-order valence-electron chi connectivity index (χ4n) is 2.02. The topological polar surface area (TPSA) is 84.9 Å². The number of nitrogens with zero attached hydrogens (tertiary/aromatic N) is 1. The molecule has 1 aliphatic rings. The van der Waals surface area contributed by atoms with Crippen molar-refractivity contribution in [3.63, 3.8) is 0 Å². The first kappa shape index (κ1) is 17.2. The Bertz CT molecular complexity index is 443. The summed E-state index contributed by atoms with van der Waals surface area (Å²) >= 11 is 0. The van der Waals surface area contributed by atoms with Crippen molar-refractivity contribution in [1.29, 1.82) is 0 Å². The average molecular weight is 308 g/mol. The van der Waals surface area contributed by atoms with Crippen molar-refractivity contribution in [2.75, 3.05) is 19.3 Å². The molecule has 0 spiro atoms. The standard InChI is InChI=1S/C12H24N2O5S/c1-9-8-14(13-11(15)18-12(2,3)4)7-6-10(9)19-20(5,16)17/h9-10H,6-8H2,1-5H3,(H,13,15). The van der Waals surface area contributed by atoms with Crippen molar-refractivity contribution in [2.24, 2.45) is 5.92 Å². The van der Waals surface area contributed by atoms with Crippen LogP contribution in [-0.4, -0.2) is 50.6 Å². The van der Waals surface area contributed by atoms with Gasteiger partial charge in [0.1, 0.15) is 5.60 Å². The third-order valence-corrected chi connectivity index (χ3v) is 3.37. The van der Waals surface area contributed by atoms with Gasteiger partial charge in [0, 0.05) is 13.1 Å². The van der Waals surface area contributed by atoms with Gasteiger partial charge in [-0.15, -0.1) is 0 Å². The van der Waals surface area contributed by atoms with E-state index < -0.39 is 21.8 Å². The second-order valence-electron chi connectivity index (χ2n) is 6.16. The van der Waals surface area contributed by atoms with Gasteiger partial charge >= 0.3 is 6.09 Å². The molecule has 2 atom stereocenters. The van der Waals surface area contributed by atoms with E-state index in [0.717, 1.165) is 6.26 Å². The molecule has 1 N–H and O–H groups in total. The van der Waals surface area contributed by atoms with Crippen LogP contribution < -0.4 is 5.43 Å². The number of ether oxygens (including phenoxy) is 1. The summed E-state index contributed by atoms with van der Waals surface area (Å²) in [6.45, 7) is 8.30. The molecule has 0 aromatic carbocycles. The summed E-state index contributed by atoms with van der Waals surface area (Å²) in [4.78, 5) is 11.6. The van der Waals surface area contributed by atoms with Crippen LogP contribution in [0, 0.1) is 5.92 Å². The maximum Gasteiger partial charge on any atom is 0.422 e. The van der Waals surface area contributed by atoms with E-state index in [1.807, 2.05) is 6.92 Å². The predicted molar refractivity (Wildman–Crippen MR) is 74.4 cm³/mol. The lowest BCUT2D eigenvalue weighted by molar-refractivity contribution is 0.00452. The van der Waals surface area contributed by atoms with Crippen molar-refractivity contribution >= 4 is 16.2 Å². The van der Waals surface area contributed by atoms with Crippen molar-refractivity contribution in [1.82, 2.24) is 10.4 Å². The summed E-state index contributed by atoms with van der Waals surface area (Å²) in [5, 5.41) is 1.72. The molecule has 1 fully saturated rings. The van der Waals surface area contributed by atoms with Crippen molar-refractivity contribution in [3.8, 4) is 0 Å². The Balaban J connectivity index is 2.46. The molecule has 0 saturated carbocycles. The average Bonchev–Trinajstić information content (AvgIpc) is 2.17. The Hall–Kier alpha value is -0.860. The van der Waals surface area contributed by atoms with E-state index in [4.69, 9.17) is 8.92 Å². The summed E-state index contributed by atoms with van der Waals surface area (Å²) in [5.74, 6) is -0.00610. The first-order chi connectivity index (χ1) is 8.96. The molecule has 0 aromatic rings. The third-order valence-electron chi connectivity index (χ3n) is 2.77. The number of hydrogen-bond donors (Lipinski definition) is 1. The summed E-state index contributed by atoms with van der Waals surface area (Å²) in [7, 11) is -3.45. The molecule has 1 aliphatic heterocycles. The lowest BCUT2D eigenvalue weighted by Gasteiger charge is -2.36. The van der Waals surface area contributed by atoms with Crippen molar-refractivity contribution in [3.05, 3.63) is 0 Å². The van der Waals surface area contributed by atoms with Crippen LogP contribution in [0.4, 0.5) is 4.79 Å². The Morgan fingerprint density at radius 1 is 1.35 bits per heavy atom.